The predicted octanol–water partition coefficient (Wildman–Crippen LogP) is 5.50. The van der Waals surface area contributed by atoms with Crippen LogP contribution in [0.3, 0.4) is 0 Å². The summed E-state index contributed by atoms with van der Waals surface area (Å²) >= 11 is 8.43. The first kappa shape index (κ1) is 16.5. The molecule has 0 fully saturated rings. The van der Waals surface area contributed by atoms with Gasteiger partial charge < -0.3 is 14.8 Å². The number of ether oxygens (including phenoxy) is 2. The highest BCUT2D eigenvalue weighted by atomic mass is 79.9. The molecule has 0 aliphatic rings. The minimum Gasteiger partial charge on any atom is -0.493 e. The fourth-order valence-electron chi connectivity index (χ4n) is 1.64. The monoisotopic (exact) mass is 441 g/mol. The molecule has 0 saturated carbocycles. The maximum Gasteiger partial charge on any atom is 0.387 e. The number of methoxy groups -OCH3 is 1. The van der Waals surface area contributed by atoms with Crippen LogP contribution in [-0.2, 0) is 6.54 Å². The molecule has 0 spiro atoms. The van der Waals surface area contributed by atoms with Gasteiger partial charge in [-0.05, 0) is 50.1 Å². The highest BCUT2D eigenvalue weighted by Gasteiger charge is 2.11. The normalized spacial score (nSPS) is 10.8. The molecule has 21 heavy (non-hydrogen) atoms. The molecule has 1 aromatic heterocycles. The third kappa shape index (κ3) is 4.55. The van der Waals surface area contributed by atoms with E-state index in [9.17, 15) is 8.78 Å². The summed E-state index contributed by atoms with van der Waals surface area (Å²) in [6.45, 7) is -2.31. The summed E-state index contributed by atoms with van der Waals surface area (Å²) in [5, 5.41) is 3.15. The van der Waals surface area contributed by atoms with Crippen molar-refractivity contribution in [3.05, 3.63) is 37.4 Å². The molecule has 0 aliphatic heterocycles. The Kier molecular flexibility index (Phi) is 5.83. The van der Waals surface area contributed by atoms with Gasteiger partial charge in [0, 0.05) is 27.6 Å². The van der Waals surface area contributed by atoms with E-state index in [0.717, 1.165) is 13.1 Å². The molecule has 0 radical (unpaired) electrons. The van der Waals surface area contributed by atoms with Crippen LogP contribution in [0.15, 0.2) is 32.5 Å². The number of anilines is 1. The Bertz CT molecular complexity index is 603. The van der Waals surface area contributed by atoms with E-state index in [-0.39, 0.29) is 11.5 Å². The first-order valence-electron chi connectivity index (χ1n) is 5.80. The molecule has 0 unspecified atom stereocenters. The third-order valence-corrected chi connectivity index (χ3v) is 5.80. The maximum absolute atomic E-state index is 12.4. The molecule has 114 valence electrons. The lowest BCUT2D eigenvalue weighted by Crippen LogP contribution is -2.04. The van der Waals surface area contributed by atoms with Crippen molar-refractivity contribution in [2.75, 3.05) is 12.4 Å². The van der Waals surface area contributed by atoms with Crippen LogP contribution in [0.5, 0.6) is 11.5 Å². The highest BCUT2D eigenvalue weighted by Crippen LogP contribution is 2.34. The second-order valence-electron chi connectivity index (χ2n) is 3.93. The number of nitrogens with one attached hydrogen (secondary N) is 1. The second kappa shape index (κ2) is 7.42. The number of hydrogen-bond acceptors (Lipinski definition) is 4. The van der Waals surface area contributed by atoms with Crippen molar-refractivity contribution >= 4 is 48.9 Å². The zero-order chi connectivity index (χ0) is 15.4. The van der Waals surface area contributed by atoms with Gasteiger partial charge in [0.2, 0.25) is 0 Å². The molecule has 1 N–H and O–H groups in total. The molecule has 0 atom stereocenters. The number of hydrogen-bond donors (Lipinski definition) is 1. The van der Waals surface area contributed by atoms with E-state index in [2.05, 4.69) is 41.9 Å². The summed E-state index contributed by atoms with van der Waals surface area (Å²) in [6, 6.07) is 6.81. The minimum atomic E-state index is -2.89. The molecule has 3 nitrogen and oxygen atoms in total. The summed E-state index contributed by atoms with van der Waals surface area (Å²) in [6.07, 6.45) is 0. The van der Waals surface area contributed by atoms with Crippen molar-refractivity contribution in [2.45, 2.75) is 13.2 Å². The Balaban J connectivity index is 2.09. The quantitative estimate of drug-likeness (QED) is 0.641. The number of benzene rings is 1. The van der Waals surface area contributed by atoms with E-state index < -0.39 is 6.61 Å². The van der Waals surface area contributed by atoms with Gasteiger partial charge in [-0.2, -0.15) is 8.78 Å². The van der Waals surface area contributed by atoms with Gasteiger partial charge in [0.25, 0.3) is 0 Å². The SMILES string of the molecule is COc1ccc(NCc2cc(Br)c(Br)s2)cc1OC(F)F. The van der Waals surface area contributed by atoms with Gasteiger partial charge in [-0.3, -0.25) is 0 Å². The Morgan fingerprint density at radius 3 is 2.57 bits per heavy atom. The molecule has 2 rings (SSSR count). The number of rotatable bonds is 6. The van der Waals surface area contributed by atoms with Gasteiger partial charge in [0.15, 0.2) is 11.5 Å². The maximum atomic E-state index is 12.4. The van der Waals surface area contributed by atoms with E-state index in [1.807, 2.05) is 6.07 Å². The molecule has 0 aliphatic carbocycles. The topological polar surface area (TPSA) is 30.5 Å². The molecular formula is C13H11Br2F2NO2S. The van der Waals surface area contributed by atoms with Crippen LogP contribution in [0.25, 0.3) is 0 Å². The third-order valence-electron chi connectivity index (χ3n) is 2.54. The molecule has 2 aromatic rings. The molecule has 0 bridgehead atoms. The lowest BCUT2D eigenvalue weighted by Gasteiger charge is -2.12. The Morgan fingerprint density at radius 2 is 2.00 bits per heavy atom. The van der Waals surface area contributed by atoms with Crippen LogP contribution in [0.1, 0.15) is 4.88 Å². The van der Waals surface area contributed by atoms with Crippen LogP contribution in [-0.4, -0.2) is 13.7 Å². The average Bonchev–Trinajstić information content (AvgIpc) is 2.75. The van der Waals surface area contributed by atoms with Crippen molar-refractivity contribution in [1.29, 1.82) is 0 Å². The summed E-state index contributed by atoms with van der Waals surface area (Å²) in [5.74, 6) is 0.272. The van der Waals surface area contributed by atoms with E-state index in [1.54, 1.807) is 23.5 Å². The Labute approximate surface area is 141 Å². The lowest BCUT2D eigenvalue weighted by molar-refractivity contribution is -0.0511. The minimum absolute atomic E-state index is 0.00559. The molecule has 0 saturated heterocycles. The number of thiophene rings is 1. The van der Waals surface area contributed by atoms with Crippen molar-refractivity contribution < 1.29 is 18.3 Å². The molecular weight excluding hydrogens is 432 g/mol. The Hall–Kier alpha value is -0.860. The lowest BCUT2D eigenvalue weighted by atomic mass is 10.2. The summed E-state index contributed by atoms with van der Waals surface area (Å²) in [5.41, 5.74) is 0.673. The van der Waals surface area contributed by atoms with Crippen LogP contribution < -0.4 is 14.8 Å². The van der Waals surface area contributed by atoms with Crippen LogP contribution in [0.4, 0.5) is 14.5 Å². The van der Waals surface area contributed by atoms with Crippen molar-refractivity contribution in [3.63, 3.8) is 0 Å². The van der Waals surface area contributed by atoms with Crippen molar-refractivity contribution in [2.24, 2.45) is 0 Å². The highest BCUT2D eigenvalue weighted by molar-refractivity contribution is 9.13. The van der Waals surface area contributed by atoms with Gasteiger partial charge in [-0.15, -0.1) is 11.3 Å². The fourth-order valence-corrected chi connectivity index (χ4v) is 3.76. The summed E-state index contributed by atoms with van der Waals surface area (Å²) in [7, 11) is 1.40. The second-order valence-corrected chi connectivity index (χ2v) is 7.24. The van der Waals surface area contributed by atoms with Crippen LogP contribution >= 0.6 is 43.2 Å². The molecule has 1 heterocycles. The molecule has 1 aromatic carbocycles. The van der Waals surface area contributed by atoms with E-state index >= 15 is 0 Å². The molecule has 8 heteroatoms. The summed E-state index contributed by atoms with van der Waals surface area (Å²) in [4.78, 5) is 1.10. The predicted molar refractivity (Wildman–Crippen MR) is 86.7 cm³/mol. The van der Waals surface area contributed by atoms with Crippen LogP contribution in [0.2, 0.25) is 0 Å². The first-order chi connectivity index (χ1) is 9.99. The standard InChI is InChI=1S/C13H11Br2F2NO2S/c1-19-10-3-2-7(4-11(10)20-13(16)17)18-6-8-5-9(14)12(15)21-8/h2-5,13,18H,6H2,1H3. The van der Waals surface area contributed by atoms with Crippen molar-refractivity contribution in [1.82, 2.24) is 0 Å². The van der Waals surface area contributed by atoms with Gasteiger partial charge in [-0.1, -0.05) is 0 Å². The number of alkyl halides is 2. The average molecular weight is 443 g/mol. The van der Waals surface area contributed by atoms with Gasteiger partial charge in [-0.25, -0.2) is 0 Å². The van der Waals surface area contributed by atoms with Gasteiger partial charge >= 0.3 is 6.61 Å². The summed E-state index contributed by atoms with van der Waals surface area (Å²) < 4.78 is 36.1. The van der Waals surface area contributed by atoms with E-state index in [0.29, 0.717) is 12.2 Å². The van der Waals surface area contributed by atoms with E-state index in [1.165, 1.54) is 13.2 Å². The largest absolute Gasteiger partial charge is 0.493 e. The van der Waals surface area contributed by atoms with Gasteiger partial charge in [0.1, 0.15) is 0 Å². The van der Waals surface area contributed by atoms with Gasteiger partial charge in [0.05, 0.1) is 10.9 Å². The van der Waals surface area contributed by atoms with Crippen LogP contribution in [0, 0.1) is 0 Å². The molecule has 0 amide bonds. The zero-order valence-corrected chi connectivity index (χ0v) is 14.8. The number of halogens is 4. The van der Waals surface area contributed by atoms with Crippen molar-refractivity contribution in [3.8, 4) is 11.5 Å². The Morgan fingerprint density at radius 1 is 1.24 bits per heavy atom. The first-order valence-corrected chi connectivity index (χ1v) is 8.20. The zero-order valence-electron chi connectivity index (χ0n) is 10.8. The fraction of sp³-hybridized carbons (Fsp3) is 0.231. The van der Waals surface area contributed by atoms with E-state index in [4.69, 9.17) is 4.74 Å². The smallest absolute Gasteiger partial charge is 0.387 e.